The largest absolute Gasteiger partial charge is 0.491 e. The number of hydrogen-bond donors (Lipinski definition) is 3. The van der Waals surface area contributed by atoms with Gasteiger partial charge in [0.1, 0.15) is 24.6 Å². The molecule has 4 atom stereocenters. The van der Waals surface area contributed by atoms with Crippen LogP contribution in [0.4, 0.5) is 0 Å². The van der Waals surface area contributed by atoms with Crippen LogP contribution in [0.25, 0.3) is 0 Å². The molecular formula is C28H37N3O6S. The van der Waals surface area contributed by atoms with Gasteiger partial charge in [0.05, 0.1) is 18.1 Å². The standard InChI is InChI=1S/C28H37N3O6S/c1-19-4-8-25(9-5-19)38(33,34)37-18-23(32)17-36-24-7-11-26-21(14-24)6-10-27(30-26)22(16-29)15-28-20(2)31(3)12-13-35-28/h4-10,14,16,23,26-28,30,32H,2,11-13,15,17-18,29H2,1,3H3/b22-16+/t23?,26-,27-,28+/m0/s1. The molecule has 0 spiro atoms. The van der Waals surface area contributed by atoms with Crippen molar-refractivity contribution in [1.82, 2.24) is 10.2 Å². The van der Waals surface area contributed by atoms with Gasteiger partial charge in [0.25, 0.3) is 10.1 Å². The molecule has 1 aromatic rings. The molecule has 2 heterocycles. The Morgan fingerprint density at radius 3 is 2.84 bits per heavy atom. The number of likely N-dealkylation sites (N-methyl/N-ethyl adjacent to an activating group) is 1. The maximum atomic E-state index is 12.3. The van der Waals surface area contributed by atoms with Crippen LogP contribution in [0.3, 0.4) is 0 Å². The Morgan fingerprint density at radius 2 is 2.11 bits per heavy atom. The molecule has 38 heavy (non-hydrogen) atoms. The van der Waals surface area contributed by atoms with E-state index in [-0.39, 0.29) is 29.7 Å². The summed E-state index contributed by atoms with van der Waals surface area (Å²) in [4.78, 5) is 2.17. The maximum Gasteiger partial charge on any atom is 0.297 e. The van der Waals surface area contributed by atoms with Crippen molar-refractivity contribution in [3.05, 3.63) is 89.5 Å². The van der Waals surface area contributed by atoms with Crippen LogP contribution in [0.2, 0.25) is 0 Å². The lowest BCUT2D eigenvalue weighted by molar-refractivity contribution is 0.0157. The molecule has 1 aliphatic carbocycles. The molecule has 4 N–H and O–H groups in total. The summed E-state index contributed by atoms with van der Waals surface area (Å²) in [5, 5.41) is 13.9. The van der Waals surface area contributed by atoms with Crippen molar-refractivity contribution in [1.29, 1.82) is 0 Å². The van der Waals surface area contributed by atoms with E-state index in [2.05, 4.69) is 28.9 Å². The third kappa shape index (κ3) is 6.95. The van der Waals surface area contributed by atoms with E-state index in [1.54, 1.807) is 18.3 Å². The van der Waals surface area contributed by atoms with Gasteiger partial charge in [0.15, 0.2) is 0 Å². The van der Waals surface area contributed by atoms with Crippen molar-refractivity contribution in [3.63, 3.8) is 0 Å². The molecule has 206 valence electrons. The van der Waals surface area contributed by atoms with E-state index in [0.717, 1.165) is 29.0 Å². The van der Waals surface area contributed by atoms with E-state index in [9.17, 15) is 13.5 Å². The van der Waals surface area contributed by atoms with Gasteiger partial charge in [-0.1, -0.05) is 36.4 Å². The van der Waals surface area contributed by atoms with Crippen molar-refractivity contribution < 1.29 is 27.2 Å². The smallest absolute Gasteiger partial charge is 0.297 e. The first kappa shape index (κ1) is 28.1. The maximum absolute atomic E-state index is 12.3. The van der Waals surface area contributed by atoms with E-state index in [1.807, 2.05) is 26.1 Å². The van der Waals surface area contributed by atoms with Gasteiger partial charge in [-0.3, -0.25) is 9.50 Å². The van der Waals surface area contributed by atoms with E-state index in [0.29, 0.717) is 25.2 Å². The van der Waals surface area contributed by atoms with Gasteiger partial charge >= 0.3 is 0 Å². The van der Waals surface area contributed by atoms with Gasteiger partial charge in [-0.2, -0.15) is 8.42 Å². The highest BCUT2D eigenvalue weighted by Gasteiger charge is 2.29. The fourth-order valence-electron chi connectivity index (χ4n) is 4.52. The molecule has 4 rings (SSSR count). The number of hydrogen-bond acceptors (Lipinski definition) is 9. The molecule has 1 aromatic carbocycles. The van der Waals surface area contributed by atoms with Crippen molar-refractivity contribution in [2.45, 2.75) is 49.0 Å². The average Bonchev–Trinajstić information content (AvgIpc) is 2.91. The number of allylic oxidation sites excluding steroid dienone is 1. The Balaban J connectivity index is 1.27. The number of aryl methyl sites for hydroxylation is 1. The van der Waals surface area contributed by atoms with Crippen LogP contribution in [0.1, 0.15) is 18.4 Å². The number of nitrogens with one attached hydrogen (secondary N) is 1. The van der Waals surface area contributed by atoms with Crippen LogP contribution in [0.15, 0.2) is 88.8 Å². The van der Waals surface area contributed by atoms with Crippen LogP contribution in [-0.2, 0) is 23.8 Å². The number of aliphatic hydroxyl groups is 1. The van der Waals surface area contributed by atoms with Crippen molar-refractivity contribution in [2.24, 2.45) is 5.73 Å². The van der Waals surface area contributed by atoms with Crippen LogP contribution in [-0.4, -0.2) is 76.1 Å². The van der Waals surface area contributed by atoms with Gasteiger partial charge in [-0.15, -0.1) is 0 Å². The number of fused-ring (bicyclic) bond motifs is 1. The summed E-state index contributed by atoms with van der Waals surface area (Å²) in [6.45, 7) is 7.04. The molecule has 2 aliphatic heterocycles. The third-order valence-electron chi connectivity index (χ3n) is 6.94. The second kappa shape index (κ2) is 12.3. The van der Waals surface area contributed by atoms with E-state index in [4.69, 9.17) is 19.4 Å². The van der Waals surface area contributed by atoms with Crippen LogP contribution < -0.4 is 11.1 Å². The fourth-order valence-corrected chi connectivity index (χ4v) is 5.46. The summed E-state index contributed by atoms with van der Waals surface area (Å²) in [7, 11) is -1.93. The second-order valence-corrected chi connectivity index (χ2v) is 11.4. The third-order valence-corrected chi connectivity index (χ3v) is 8.23. The summed E-state index contributed by atoms with van der Waals surface area (Å²) >= 11 is 0. The first-order chi connectivity index (χ1) is 18.2. The Morgan fingerprint density at radius 1 is 1.34 bits per heavy atom. The van der Waals surface area contributed by atoms with Gasteiger partial charge < -0.3 is 25.2 Å². The van der Waals surface area contributed by atoms with Crippen molar-refractivity contribution >= 4 is 10.1 Å². The molecule has 1 saturated heterocycles. The van der Waals surface area contributed by atoms with E-state index >= 15 is 0 Å². The van der Waals surface area contributed by atoms with Crippen molar-refractivity contribution in [2.75, 3.05) is 33.4 Å². The number of nitrogens with zero attached hydrogens (tertiary/aromatic N) is 1. The highest BCUT2D eigenvalue weighted by atomic mass is 32.2. The van der Waals surface area contributed by atoms with E-state index in [1.165, 1.54) is 12.1 Å². The SMILES string of the molecule is C=C1[C@@H](C/C(=C\N)[C@@H]2C=CC3=CC(OCC(O)COS(=O)(=O)c4ccc(C)cc4)=CC[C@@H]3N2)OCCN1C. The Hall–Kier alpha value is -2.89. The predicted octanol–water partition coefficient (Wildman–Crippen LogP) is 2.27. The van der Waals surface area contributed by atoms with Crippen LogP contribution >= 0.6 is 0 Å². The molecule has 0 aromatic heterocycles. The van der Waals surface area contributed by atoms with Gasteiger partial charge in [-0.05, 0) is 55.0 Å². The van der Waals surface area contributed by atoms with Crippen LogP contribution in [0.5, 0.6) is 0 Å². The number of nitrogens with two attached hydrogens (primary N) is 1. The lowest BCUT2D eigenvalue weighted by Gasteiger charge is -2.36. The normalized spacial score (nSPS) is 24.9. The lowest BCUT2D eigenvalue weighted by Crippen LogP contribution is -2.44. The fraction of sp³-hybridized carbons (Fsp3) is 0.429. The highest BCUT2D eigenvalue weighted by molar-refractivity contribution is 7.86. The molecule has 1 fully saturated rings. The molecular weight excluding hydrogens is 506 g/mol. The van der Waals surface area contributed by atoms with Gasteiger partial charge in [0.2, 0.25) is 0 Å². The number of aliphatic hydroxyl groups excluding tert-OH is 1. The quantitative estimate of drug-likeness (QED) is 0.381. The van der Waals surface area contributed by atoms with Gasteiger partial charge in [-0.25, -0.2) is 0 Å². The minimum Gasteiger partial charge on any atom is -0.491 e. The number of benzene rings is 1. The molecule has 10 heteroatoms. The summed E-state index contributed by atoms with van der Waals surface area (Å²) in [6.07, 6.45) is 9.80. The molecule has 0 amide bonds. The Kier molecular flexibility index (Phi) is 9.11. The first-order valence-electron chi connectivity index (χ1n) is 12.7. The number of morpholine rings is 1. The summed E-state index contributed by atoms with van der Waals surface area (Å²) < 4.78 is 41.3. The van der Waals surface area contributed by atoms with E-state index < -0.39 is 22.8 Å². The van der Waals surface area contributed by atoms with Crippen molar-refractivity contribution in [3.8, 4) is 0 Å². The minimum absolute atomic E-state index is 0.0175. The summed E-state index contributed by atoms with van der Waals surface area (Å²) in [5.74, 6) is 0.617. The minimum atomic E-state index is -3.95. The average molecular weight is 544 g/mol. The zero-order valence-corrected chi connectivity index (χ0v) is 22.7. The second-order valence-electron chi connectivity index (χ2n) is 9.78. The highest BCUT2D eigenvalue weighted by Crippen LogP contribution is 2.28. The molecule has 0 radical (unpaired) electrons. The Bertz CT molecular complexity index is 1240. The van der Waals surface area contributed by atoms with Gasteiger partial charge in [0, 0.05) is 37.8 Å². The summed E-state index contributed by atoms with van der Waals surface area (Å²) in [5.41, 5.74) is 9.99. The van der Waals surface area contributed by atoms with Crippen LogP contribution in [0, 0.1) is 6.92 Å². The zero-order chi connectivity index (χ0) is 27.3. The lowest BCUT2D eigenvalue weighted by atomic mass is 9.89. The first-order valence-corrected chi connectivity index (χ1v) is 14.1. The number of ether oxygens (including phenoxy) is 2. The molecule has 0 bridgehead atoms. The molecule has 1 unspecified atom stereocenters. The zero-order valence-electron chi connectivity index (χ0n) is 21.9. The molecule has 9 nitrogen and oxygen atoms in total. The predicted molar refractivity (Wildman–Crippen MR) is 145 cm³/mol. The topological polar surface area (TPSA) is 123 Å². The Labute approximate surface area is 225 Å². The molecule has 0 saturated carbocycles. The number of rotatable bonds is 10. The molecule has 3 aliphatic rings. The monoisotopic (exact) mass is 543 g/mol. The summed E-state index contributed by atoms with van der Waals surface area (Å²) in [6, 6.07) is 6.41.